The number of aromatic nitrogens is 3. The van der Waals surface area contributed by atoms with E-state index in [2.05, 4.69) is 21.4 Å². The van der Waals surface area contributed by atoms with Gasteiger partial charge in [-0.1, -0.05) is 12.1 Å². The van der Waals surface area contributed by atoms with Crippen molar-refractivity contribution in [3.05, 3.63) is 52.9 Å². The summed E-state index contributed by atoms with van der Waals surface area (Å²) in [6, 6.07) is 10.4. The van der Waals surface area contributed by atoms with Crippen molar-refractivity contribution in [1.82, 2.24) is 14.5 Å². The number of rotatable bonds is 8. The summed E-state index contributed by atoms with van der Waals surface area (Å²) in [5.74, 6) is -0.545. The Morgan fingerprint density at radius 3 is 2.51 bits per heavy atom. The van der Waals surface area contributed by atoms with Crippen LogP contribution in [0.15, 0.2) is 36.5 Å². The van der Waals surface area contributed by atoms with Crippen LogP contribution >= 0.6 is 19.2 Å². The third-order valence-corrected chi connectivity index (χ3v) is 9.76. The summed E-state index contributed by atoms with van der Waals surface area (Å²) < 4.78 is 42.5. The van der Waals surface area contributed by atoms with Crippen molar-refractivity contribution in [1.29, 1.82) is 5.26 Å². The third kappa shape index (κ3) is 6.11. The minimum atomic E-state index is -4.87. The van der Waals surface area contributed by atoms with E-state index in [1.807, 2.05) is 6.92 Å². The highest BCUT2D eigenvalue weighted by molar-refractivity contribution is 7.97. The molecule has 4 rings (SSSR count). The Balaban J connectivity index is 1.60. The van der Waals surface area contributed by atoms with E-state index in [4.69, 9.17) is 31.4 Å². The van der Waals surface area contributed by atoms with Crippen molar-refractivity contribution in [3.63, 3.8) is 0 Å². The minimum Gasteiger partial charge on any atom is -0.387 e. The van der Waals surface area contributed by atoms with Crippen molar-refractivity contribution < 1.29 is 37.7 Å². The van der Waals surface area contributed by atoms with Gasteiger partial charge in [-0.3, -0.25) is 4.57 Å². The van der Waals surface area contributed by atoms with Crippen LogP contribution in [0.1, 0.15) is 30.3 Å². The van der Waals surface area contributed by atoms with Gasteiger partial charge >= 0.3 is 7.60 Å². The van der Waals surface area contributed by atoms with E-state index >= 15 is 0 Å². The lowest BCUT2D eigenvalue weighted by atomic mass is 10.1. The molecule has 1 aliphatic rings. The highest BCUT2D eigenvalue weighted by atomic mass is 35.5. The van der Waals surface area contributed by atoms with Gasteiger partial charge in [0.15, 0.2) is 21.6 Å². The second-order valence-corrected chi connectivity index (χ2v) is 13.2. The molecule has 0 aliphatic carbocycles. The topological polar surface area (TPSA) is 208 Å². The van der Waals surface area contributed by atoms with E-state index < -0.39 is 53.2 Å². The molecule has 13 nitrogen and oxygen atoms in total. The fraction of sp³-hybridized carbons (Fsp3) is 0.381. The number of sulfone groups is 1. The summed E-state index contributed by atoms with van der Waals surface area (Å²) in [5.41, 5.74) is 0.211. The smallest absolute Gasteiger partial charge is 0.340 e. The largest absolute Gasteiger partial charge is 0.387 e. The number of fused-ring (bicyclic) bond motifs is 1. The Kier molecular flexibility index (Phi) is 7.62. The Bertz CT molecular complexity index is 1500. The molecule has 1 aromatic carbocycles. The standard InChI is InChI=1S/C21H23ClN5O8PS/c1-11(13-4-2-12(8-23)3-5-13)24-18-14-6-7-27(19(14)26-21(22)25-18)20-17(29)16(28)15(35-20)9-37(33,34)10-36(30,31)32/h2-7,11,15-17,20,28-29H,9-10H2,1H3,(H,24,25,26)(H2,30,31,32)/t11-,15+,16+,17+,20+/m0/s1. The minimum absolute atomic E-state index is 0.129. The van der Waals surface area contributed by atoms with Crippen molar-refractivity contribution >= 4 is 45.9 Å². The molecule has 0 radical (unpaired) electrons. The SMILES string of the molecule is C[C@H](Nc1nc(Cl)nc2c1ccn2[C@@H]1O[C@H](CS(=O)(=O)CP(=O)(O)O)[C@@H](O)[C@H]1O)c1ccc(C#N)cc1. The first-order valence-corrected chi connectivity index (χ1v) is 14.8. The fourth-order valence-electron chi connectivity index (χ4n) is 4.11. The summed E-state index contributed by atoms with van der Waals surface area (Å²) in [7, 11) is -9.18. The summed E-state index contributed by atoms with van der Waals surface area (Å²) in [6.07, 6.45) is -4.44. The van der Waals surface area contributed by atoms with Gasteiger partial charge < -0.3 is 34.6 Å². The quantitative estimate of drug-likeness (QED) is 0.191. The lowest BCUT2D eigenvalue weighted by Crippen LogP contribution is -2.35. The molecule has 0 spiro atoms. The predicted molar refractivity (Wildman–Crippen MR) is 132 cm³/mol. The lowest BCUT2D eigenvalue weighted by Gasteiger charge is -2.19. The molecule has 0 bridgehead atoms. The number of nitrogens with zero attached hydrogens (tertiary/aromatic N) is 4. The molecule has 0 saturated carbocycles. The van der Waals surface area contributed by atoms with Crippen LogP contribution in [-0.2, 0) is 19.1 Å². The number of hydrogen-bond acceptors (Lipinski definition) is 10. The zero-order chi connectivity index (χ0) is 27.1. The molecule has 16 heteroatoms. The number of hydrogen-bond donors (Lipinski definition) is 5. The molecule has 1 saturated heterocycles. The molecule has 198 valence electrons. The molecule has 1 aliphatic heterocycles. The monoisotopic (exact) mass is 571 g/mol. The number of ether oxygens (including phenoxy) is 1. The first-order chi connectivity index (χ1) is 17.3. The van der Waals surface area contributed by atoms with E-state index in [0.29, 0.717) is 16.8 Å². The first-order valence-electron chi connectivity index (χ1n) is 10.9. The summed E-state index contributed by atoms with van der Waals surface area (Å²) in [6.45, 7) is 1.88. The van der Waals surface area contributed by atoms with Crippen LogP contribution < -0.4 is 5.32 Å². The molecule has 3 heterocycles. The van der Waals surface area contributed by atoms with Gasteiger partial charge in [-0.15, -0.1) is 0 Å². The first kappa shape index (κ1) is 27.4. The summed E-state index contributed by atoms with van der Waals surface area (Å²) in [4.78, 5) is 26.5. The maximum atomic E-state index is 12.2. The van der Waals surface area contributed by atoms with Crippen molar-refractivity contribution in [3.8, 4) is 6.07 Å². The third-order valence-electron chi connectivity index (χ3n) is 5.83. The average molecular weight is 572 g/mol. The highest BCUT2D eigenvalue weighted by Gasteiger charge is 2.46. The number of benzene rings is 1. The molecule has 1 fully saturated rings. The molecule has 5 N–H and O–H groups in total. The van der Waals surface area contributed by atoms with Crippen molar-refractivity contribution in [2.75, 3.05) is 16.6 Å². The number of aliphatic hydroxyl groups is 2. The molecule has 2 aromatic heterocycles. The van der Waals surface area contributed by atoms with Crippen LogP contribution in [0.5, 0.6) is 0 Å². The fourth-order valence-corrected chi connectivity index (χ4v) is 7.53. The zero-order valence-corrected chi connectivity index (χ0v) is 21.7. The van der Waals surface area contributed by atoms with Crippen LogP contribution in [0.3, 0.4) is 0 Å². The number of anilines is 1. The number of nitrogens with one attached hydrogen (secondary N) is 1. The molecule has 37 heavy (non-hydrogen) atoms. The second kappa shape index (κ2) is 10.3. The van der Waals surface area contributed by atoms with Crippen LogP contribution in [0.4, 0.5) is 5.82 Å². The van der Waals surface area contributed by atoms with Crippen molar-refractivity contribution in [2.24, 2.45) is 0 Å². The average Bonchev–Trinajstić information content (AvgIpc) is 3.33. The van der Waals surface area contributed by atoms with Crippen molar-refractivity contribution in [2.45, 2.75) is 37.5 Å². The summed E-state index contributed by atoms with van der Waals surface area (Å²) in [5, 5.41) is 33.6. The van der Waals surface area contributed by atoms with Crippen LogP contribution in [0, 0.1) is 11.3 Å². The van der Waals surface area contributed by atoms with Gasteiger partial charge in [0.2, 0.25) is 5.28 Å². The molecule has 3 aromatic rings. The number of halogens is 1. The Morgan fingerprint density at radius 2 is 1.89 bits per heavy atom. The van der Waals surface area contributed by atoms with Gasteiger partial charge in [-0.2, -0.15) is 10.2 Å². The van der Waals surface area contributed by atoms with Crippen LogP contribution in [-0.4, -0.2) is 72.5 Å². The van der Waals surface area contributed by atoms with E-state index in [1.165, 1.54) is 10.8 Å². The Hall–Kier alpha value is -2.60. The van der Waals surface area contributed by atoms with Gasteiger partial charge in [0.25, 0.3) is 0 Å². The number of nitriles is 1. The molecule has 0 unspecified atom stereocenters. The van der Waals surface area contributed by atoms with Gasteiger partial charge in [0, 0.05) is 12.2 Å². The maximum absolute atomic E-state index is 12.2. The normalized spacial score (nSPS) is 23.2. The molecule has 5 atom stereocenters. The van der Waals surface area contributed by atoms with Gasteiger partial charge in [0.1, 0.15) is 29.8 Å². The van der Waals surface area contributed by atoms with E-state index in [0.717, 1.165) is 5.56 Å². The lowest BCUT2D eigenvalue weighted by molar-refractivity contribution is -0.0288. The second-order valence-electron chi connectivity index (χ2n) is 8.65. The van der Waals surface area contributed by atoms with Crippen LogP contribution in [0.25, 0.3) is 11.0 Å². The summed E-state index contributed by atoms with van der Waals surface area (Å²) >= 11 is 6.15. The highest BCUT2D eigenvalue weighted by Crippen LogP contribution is 2.39. The van der Waals surface area contributed by atoms with Gasteiger partial charge in [-0.25, -0.2) is 13.4 Å². The molecule has 0 amide bonds. The maximum Gasteiger partial charge on any atom is 0.340 e. The number of aliphatic hydroxyl groups excluding tert-OH is 2. The van der Waals surface area contributed by atoms with E-state index in [-0.39, 0.29) is 17.0 Å². The predicted octanol–water partition coefficient (Wildman–Crippen LogP) is 1.30. The Labute approximate surface area is 216 Å². The van der Waals surface area contributed by atoms with Crippen LogP contribution in [0.2, 0.25) is 5.28 Å². The Morgan fingerprint density at radius 1 is 1.22 bits per heavy atom. The molecular weight excluding hydrogens is 549 g/mol. The van der Waals surface area contributed by atoms with Gasteiger partial charge in [0.05, 0.1) is 22.8 Å². The molecular formula is C21H23ClN5O8PS. The van der Waals surface area contributed by atoms with Gasteiger partial charge in [-0.05, 0) is 42.3 Å². The van der Waals surface area contributed by atoms with E-state index in [9.17, 15) is 23.2 Å². The zero-order valence-electron chi connectivity index (χ0n) is 19.2. The van der Waals surface area contributed by atoms with E-state index in [1.54, 1.807) is 30.3 Å².